The minimum Gasteiger partial charge on any atom is -0.255 e. The fourth-order valence-electron chi connectivity index (χ4n) is 9.02. The van der Waals surface area contributed by atoms with E-state index in [2.05, 4.69) is 177 Å². The third-order valence-electron chi connectivity index (χ3n) is 12.0. The molecule has 10 rings (SSSR count). The predicted molar refractivity (Wildman–Crippen MR) is 233 cm³/mol. The molecule has 1 unspecified atom stereocenters. The van der Waals surface area contributed by atoms with Crippen molar-refractivity contribution in [2.45, 2.75) is 32.6 Å². The second-order valence-corrected chi connectivity index (χ2v) is 15.2. The number of pyridine rings is 2. The molecule has 2 aromatic heterocycles. The highest BCUT2D eigenvalue weighted by Gasteiger charge is 2.30. The molecule has 0 bridgehead atoms. The van der Waals surface area contributed by atoms with Crippen LogP contribution in [-0.4, -0.2) is 9.97 Å². The van der Waals surface area contributed by atoms with Crippen molar-refractivity contribution in [1.82, 2.24) is 9.97 Å². The highest BCUT2D eigenvalue weighted by molar-refractivity contribution is 6.15. The molecule has 0 aliphatic heterocycles. The number of fused-ring (bicyclic) bond motifs is 4. The highest BCUT2D eigenvalue weighted by Crippen LogP contribution is 2.45. The highest BCUT2D eigenvalue weighted by atomic mass is 14.8. The first kappa shape index (κ1) is 33.0. The average Bonchev–Trinajstić information content (AvgIpc) is 3.25. The van der Waals surface area contributed by atoms with Crippen LogP contribution >= 0.6 is 0 Å². The molecule has 0 saturated heterocycles. The van der Waals surface area contributed by atoms with Gasteiger partial charge in [-0.15, -0.1) is 0 Å². The maximum absolute atomic E-state index is 5.40. The number of hydrogen-bond donors (Lipinski definition) is 0. The molecule has 0 amide bonds. The Balaban J connectivity index is 1.10. The lowest BCUT2D eigenvalue weighted by atomic mass is 9.73. The van der Waals surface area contributed by atoms with E-state index in [0.29, 0.717) is 0 Å². The van der Waals surface area contributed by atoms with Crippen LogP contribution < -0.4 is 0 Å². The molecule has 55 heavy (non-hydrogen) atoms. The quantitative estimate of drug-likeness (QED) is 0.167. The number of aromatic nitrogens is 2. The van der Waals surface area contributed by atoms with Gasteiger partial charge in [-0.2, -0.15) is 0 Å². The molecular weight excluding hydrogens is 665 g/mol. The molecule has 7 aromatic carbocycles. The first-order chi connectivity index (χ1) is 27.0. The first-order valence-corrected chi connectivity index (χ1v) is 19.2. The topological polar surface area (TPSA) is 25.8 Å². The van der Waals surface area contributed by atoms with E-state index in [-0.39, 0.29) is 5.41 Å². The molecule has 9 aromatic rings. The monoisotopic (exact) mass is 704 g/mol. The summed E-state index contributed by atoms with van der Waals surface area (Å²) in [6.45, 7) is 6.84. The van der Waals surface area contributed by atoms with E-state index >= 15 is 0 Å². The molecule has 0 saturated carbocycles. The Bertz CT molecular complexity index is 2910. The number of nitrogens with zero attached hydrogens (tertiary/aromatic N) is 2. The van der Waals surface area contributed by atoms with E-state index in [4.69, 9.17) is 4.98 Å². The second kappa shape index (κ2) is 13.0. The van der Waals surface area contributed by atoms with Crippen molar-refractivity contribution < 1.29 is 0 Å². The van der Waals surface area contributed by atoms with Crippen molar-refractivity contribution in [1.29, 1.82) is 0 Å². The summed E-state index contributed by atoms with van der Waals surface area (Å²) in [5.41, 5.74) is 12.5. The standard InChI is InChI=1S/C53H40N2/c1-34-39-14-4-8-18-43(39)50(44-19-9-5-15-40(34)44)36-23-25-38(26-24-36)52-47(27-28-49(55-52)48-22-12-13-33-54-48)53(3)31-29-37(30-32-53)51-45-20-10-6-16-41(45)35(2)42-17-7-11-21-46(42)51/h4-31,33H,32H2,1-3H3. The Labute approximate surface area is 322 Å². The van der Waals surface area contributed by atoms with Gasteiger partial charge < -0.3 is 0 Å². The normalized spacial score (nSPS) is 15.6. The van der Waals surface area contributed by atoms with Crippen LogP contribution in [0, 0.1) is 13.8 Å². The zero-order valence-electron chi connectivity index (χ0n) is 31.3. The number of aryl methyl sites for hydroxylation is 2. The maximum Gasteiger partial charge on any atom is 0.0893 e. The molecule has 1 aliphatic rings. The summed E-state index contributed by atoms with van der Waals surface area (Å²) in [6.07, 6.45) is 9.89. The van der Waals surface area contributed by atoms with Crippen molar-refractivity contribution in [3.63, 3.8) is 0 Å². The predicted octanol–water partition coefficient (Wildman–Crippen LogP) is 14.0. The van der Waals surface area contributed by atoms with E-state index in [1.54, 1.807) is 0 Å². The Morgan fingerprint density at radius 2 is 0.964 bits per heavy atom. The van der Waals surface area contributed by atoms with Crippen LogP contribution in [-0.2, 0) is 5.41 Å². The summed E-state index contributed by atoms with van der Waals surface area (Å²) < 4.78 is 0. The Morgan fingerprint density at radius 1 is 0.473 bits per heavy atom. The van der Waals surface area contributed by atoms with Gasteiger partial charge in [-0.25, -0.2) is 4.98 Å². The minimum atomic E-state index is -0.271. The van der Waals surface area contributed by atoms with Crippen LogP contribution in [0.15, 0.2) is 176 Å². The lowest BCUT2D eigenvalue weighted by molar-refractivity contribution is 0.601. The van der Waals surface area contributed by atoms with E-state index in [1.807, 2.05) is 24.4 Å². The molecular formula is C53H40N2. The molecule has 1 atom stereocenters. The molecule has 2 nitrogen and oxygen atoms in total. The van der Waals surface area contributed by atoms with Gasteiger partial charge in [0.2, 0.25) is 0 Å². The van der Waals surface area contributed by atoms with Gasteiger partial charge in [0.15, 0.2) is 0 Å². The third kappa shape index (κ3) is 5.40. The van der Waals surface area contributed by atoms with E-state index in [0.717, 1.165) is 29.1 Å². The number of rotatable bonds is 5. The number of allylic oxidation sites excluding steroid dienone is 4. The van der Waals surface area contributed by atoms with Gasteiger partial charge in [0.05, 0.1) is 17.1 Å². The van der Waals surface area contributed by atoms with E-state index in [9.17, 15) is 0 Å². The summed E-state index contributed by atoms with van der Waals surface area (Å²) >= 11 is 0. The van der Waals surface area contributed by atoms with Crippen molar-refractivity contribution >= 4 is 48.7 Å². The van der Waals surface area contributed by atoms with E-state index < -0.39 is 0 Å². The molecule has 0 spiro atoms. The maximum atomic E-state index is 5.40. The smallest absolute Gasteiger partial charge is 0.0893 e. The van der Waals surface area contributed by atoms with Crippen molar-refractivity contribution in [2.24, 2.45) is 0 Å². The van der Waals surface area contributed by atoms with Crippen LogP contribution in [0.5, 0.6) is 0 Å². The molecule has 0 N–H and O–H groups in total. The summed E-state index contributed by atoms with van der Waals surface area (Å²) in [7, 11) is 0. The molecule has 262 valence electrons. The lowest BCUT2D eigenvalue weighted by Gasteiger charge is -2.31. The number of hydrogen-bond acceptors (Lipinski definition) is 2. The Kier molecular flexibility index (Phi) is 7.81. The van der Waals surface area contributed by atoms with Gasteiger partial charge in [0.1, 0.15) is 0 Å². The fraction of sp³-hybridized carbons (Fsp3) is 0.0943. The summed E-state index contributed by atoms with van der Waals surface area (Å²) in [6, 6.07) is 54.8. The second-order valence-electron chi connectivity index (χ2n) is 15.2. The van der Waals surface area contributed by atoms with Crippen molar-refractivity contribution in [3.05, 3.63) is 198 Å². The summed E-state index contributed by atoms with van der Waals surface area (Å²) in [5, 5.41) is 10.4. The van der Waals surface area contributed by atoms with Crippen molar-refractivity contribution in [3.8, 4) is 33.8 Å². The minimum absolute atomic E-state index is 0.271. The Hall–Kier alpha value is -6.64. The molecule has 2 heterocycles. The van der Waals surface area contributed by atoms with Gasteiger partial charge >= 0.3 is 0 Å². The molecule has 0 fully saturated rings. The third-order valence-corrected chi connectivity index (χ3v) is 12.0. The van der Waals surface area contributed by atoms with Gasteiger partial charge in [-0.3, -0.25) is 4.98 Å². The molecule has 0 radical (unpaired) electrons. The average molecular weight is 705 g/mol. The van der Waals surface area contributed by atoms with Crippen LogP contribution in [0.4, 0.5) is 0 Å². The Morgan fingerprint density at radius 3 is 1.45 bits per heavy atom. The van der Waals surface area contributed by atoms with Crippen molar-refractivity contribution in [2.75, 3.05) is 0 Å². The largest absolute Gasteiger partial charge is 0.255 e. The van der Waals surface area contributed by atoms with E-state index in [1.165, 1.54) is 82.0 Å². The zero-order valence-corrected chi connectivity index (χ0v) is 31.3. The SMILES string of the molecule is Cc1c2ccccc2c(C2=CCC(C)(c3ccc(-c4ccccn4)nc3-c3ccc(-c4c5ccccc5c(C)c5ccccc45)cc3)C=C2)c2ccccc12. The van der Waals surface area contributed by atoms with Gasteiger partial charge in [-0.05, 0) is 121 Å². The fourth-order valence-corrected chi connectivity index (χ4v) is 9.02. The first-order valence-electron chi connectivity index (χ1n) is 19.2. The van der Waals surface area contributed by atoms with Gasteiger partial charge in [-0.1, -0.05) is 159 Å². The van der Waals surface area contributed by atoms with Gasteiger partial charge in [0.25, 0.3) is 0 Å². The summed E-state index contributed by atoms with van der Waals surface area (Å²) in [4.78, 5) is 10.1. The van der Waals surface area contributed by atoms with Crippen LogP contribution in [0.1, 0.15) is 35.6 Å². The van der Waals surface area contributed by atoms with Crippen LogP contribution in [0.25, 0.3) is 82.4 Å². The molecule has 1 aliphatic carbocycles. The van der Waals surface area contributed by atoms with Crippen LogP contribution in [0.2, 0.25) is 0 Å². The van der Waals surface area contributed by atoms with Gasteiger partial charge in [0, 0.05) is 17.2 Å². The lowest BCUT2D eigenvalue weighted by Crippen LogP contribution is -2.22. The zero-order chi connectivity index (χ0) is 37.1. The van der Waals surface area contributed by atoms with Crippen LogP contribution in [0.3, 0.4) is 0 Å². The number of benzene rings is 7. The summed E-state index contributed by atoms with van der Waals surface area (Å²) in [5.74, 6) is 0. The molecule has 2 heteroatoms.